The van der Waals surface area contributed by atoms with Crippen LogP contribution < -0.4 is 29.1 Å². The molecule has 0 saturated heterocycles. The van der Waals surface area contributed by atoms with Gasteiger partial charge in [-0.2, -0.15) is 0 Å². The van der Waals surface area contributed by atoms with Crippen molar-refractivity contribution < 1.29 is 32.2 Å². The van der Waals surface area contributed by atoms with Gasteiger partial charge in [0.2, 0.25) is 5.91 Å². The van der Waals surface area contributed by atoms with E-state index in [1.54, 1.807) is 75.7 Å². The maximum absolute atomic E-state index is 13.8. The Labute approximate surface area is 267 Å². The summed E-state index contributed by atoms with van der Waals surface area (Å²) in [5.41, 5.74) is 1.57. The molecule has 0 spiro atoms. The molecule has 0 heterocycles. The largest absolute Gasteiger partial charge is 0.493 e. The average Bonchev–Trinajstić information content (AvgIpc) is 3.04. The van der Waals surface area contributed by atoms with Crippen LogP contribution in [0, 0.1) is 0 Å². The fourth-order valence-electron chi connectivity index (χ4n) is 4.54. The molecular weight excluding hydrogens is 618 g/mol. The molecule has 4 aromatic carbocycles. The van der Waals surface area contributed by atoms with E-state index in [1.807, 2.05) is 12.1 Å². The first kappa shape index (κ1) is 33.2. The summed E-state index contributed by atoms with van der Waals surface area (Å²) >= 11 is 5.99. The molecule has 0 fully saturated rings. The molecule has 236 valence electrons. The molecule has 2 amide bonds. The van der Waals surface area contributed by atoms with Crippen molar-refractivity contribution in [3.8, 4) is 17.2 Å². The minimum Gasteiger partial charge on any atom is -0.493 e. The number of halogens is 1. The standard InChI is InChI=1S/C33H34ClN3O7S/c1-4-44-29-12-8-7-11-28(29)37(45(40,41)25-16-14-24(34)15-17-25)22-32(38)36-27-10-6-5-9-26(27)33(39)35-20-19-23-13-18-30(42-2)31(21-23)43-3/h5-18,21H,4,19-20,22H2,1-3H3,(H,35,39)(H,36,38). The molecule has 0 radical (unpaired) electrons. The number of ether oxygens (including phenoxy) is 3. The Bertz CT molecular complexity index is 1750. The summed E-state index contributed by atoms with van der Waals surface area (Å²) in [4.78, 5) is 26.5. The summed E-state index contributed by atoms with van der Waals surface area (Å²) in [6.45, 7) is 1.78. The summed E-state index contributed by atoms with van der Waals surface area (Å²) in [7, 11) is -1.12. The van der Waals surface area contributed by atoms with E-state index in [2.05, 4.69) is 10.6 Å². The first-order chi connectivity index (χ1) is 21.7. The fourth-order valence-corrected chi connectivity index (χ4v) is 6.09. The minimum atomic E-state index is -4.24. The highest BCUT2D eigenvalue weighted by atomic mass is 35.5. The van der Waals surface area contributed by atoms with Crippen molar-refractivity contribution in [2.75, 3.05) is 43.5 Å². The lowest BCUT2D eigenvalue weighted by molar-refractivity contribution is -0.114. The van der Waals surface area contributed by atoms with Gasteiger partial charge in [-0.05, 0) is 79.6 Å². The van der Waals surface area contributed by atoms with E-state index >= 15 is 0 Å². The highest BCUT2D eigenvalue weighted by Gasteiger charge is 2.30. The topological polar surface area (TPSA) is 123 Å². The quantitative estimate of drug-likeness (QED) is 0.183. The second kappa shape index (κ2) is 15.3. The van der Waals surface area contributed by atoms with E-state index < -0.39 is 28.4 Å². The molecule has 12 heteroatoms. The molecule has 10 nitrogen and oxygen atoms in total. The smallest absolute Gasteiger partial charge is 0.264 e. The lowest BCUT2D eigenvalue weighted by atomic mass is 10.1. The second-order valence-corrected chi connectivity index (χ2v) is 12.0. The first-order valence-corrected chi connectivity index (χ1v) is 15.9. The maximum atomic E-state index is 13.8. The third kappa shape index (κ3) is 8.25. The third-order valence-electron chi connectivity index (χ3n) is 6.72. The first-order valence-electron chi connectivity index (χ1n) is 14.1. The number of methoxy groups -OCH3 is 2. The number of hydrogen-bond acceptors (Lipinski definition) is 7. The number of benzene rings is 4. The van der Waals surface area contributed by atoms with Crippen LogP contribution in [0.15, 0.2) is 95.9 Å². The minimum absolute atomic E-state index is 0.0553. The number of nitrogens with one attached hydrogen (secondary N) is 2. The molecule has 2 N–H and O–H groups in total. The Balaban J connectivity index is 1.53. The third-order valence-corrected chi connectivity index (χ3v) is 8.74. The summed E-state index contributed by atoms with van der Waals surface area (Å²) in [6.07, 6.45) is 0.525. The number of rotatable bonds is 14. The molecule has 0 unspecified atom stereocenters. The van der Waals surface area contributed by atoms with Crippen LogP contribution in [0.1, 0.15) is 22.8 Å². The number of sulfonamides is 1. The number of anilines is 2. The predicted octanol–water partition coefficient (Wildman–Crippen LogP) is 5.56. The number of carbonyl (C=O) groups is 2. The molecule has 0 aliphatic rings. The molecule has 0 bridgehead atoms. The van der Waals surface area contributed by atoms with E-state index in [0.29, 0.717) is 35.2 Å². The van der Waals surface area contributed by atoms with Crippen LogP contribution in [-0.4, -0.2) is 54.1 Å². The van der Waals surface area contributed by atoms with Crippen molar-refractivity contribution in [3.05, 3.63) is 107 Å². The number of amides is 2. The molecule has 0 saturated carbocycles. The van der Waals surface area contributed by atoms with Crippen LogP contribution in [0.3, 0.4) is 0 Å². The lowest BCUT2D eigenvalue weighted by Crippen LogP contribution is -2.38. The molecule has 4 aromatic rings. The summed E-state index contributed by atoms with van der Waals surface area (Å²) in [6, 6.07) is 24.2. The molecule has 0 aromatic heterocycles. The van der Waals surface area contributed by atoms with Crippen molar-refractivity contribution in [2.45, 2.75) is 18.2 Å². The summed E-state index contributed by atoms with van der Waals surface area (Å²) in [5.74, 6) is 0.420. The molecule has 4 rings (SSSR count). The summed E-state index contributed by atoms with van der Waals surface area (Å²) in [5, 5.41) is 5.95. The van der Waals surface area contributed by atoms with Crippen LogP contribution in [0.5, 0.6) is 17.2 Å². The van der Waals surface area contributed by atoms with E-state index in [1.165, 1.54) is 24.3 Å². The van der Waals surface area contributed by atoms with Crippen LogP contribution in [-0.2, 0) is 21.2 Å². The van der Waals surface area contributed by atoms with Crippen LogP contribution in [0.2, 0.25) is 5.02 Å². The predicted molar refractivity (Wildman–Crippen MR) is 174 cm³/mol. The van der Waals surface area contributed by atoms with Crippen LogP contribution in [0.4, 0.5) is 11.4 Å². The van der Waals surface area contributed by atoms with Gasteiger partial charge in [-0.15, -0.1) is 0 Å². The second-order valence-electron chi connectivity index (χ2n) is 9.66. The van der Waals surface area contributed by atoms with Crippen LogP contribution in [0.25, 0.3) is 0 Å². The number of nitrogens with zero attached hydrogens (tertiary/aromatic N) is 1. The number of para-hydroxylation sites is 3. The molecule has 45 heavy (non-hydrogen) atoms. The Hall–Kier alpha value is -4.74. The highest BCUT2D eigenvalue weighted by Crippen LogP contribution is 2.33. The van der Waals surface area contributed by atoms with Crippen molar-refractivity contribution in [1.29, 1.82) is 0 Å². The van der Waals surface area contributed by atoms with Gasteiger partial charge in [0, 0.05) is 11.6 Å². The Morgan fingerprint density at radius 2 is 1.53 bits per heavy atom. The average molecular weight is 652 g/mol. The van der Waals surface area contributed by atoms with Gasteiger partial charge < -0.3 is 24.8 Å². The van der Waals surface area contributed by atoms with Crippen molar-refractivity contribution in [3.63, 3.8) is 0 Å². The maximum Gasteiger partial charge on any atom is 0.264 e. The van der Waals surface area contributed by atoms with Crippen molar-refractivity contribution >= 4 is 44.8 Å². The van der Waals surface area contributed by atoms with Gasteiger partial charge in [0.05, 0.1) is 42.7 Å². The highest BCUT2D eigenvalue weighted by molar-refractivity contribution is 7.92. The van der Waals surface area contributed by atoms with E-state index in [0.717, 1.165) is 9.87 Å². The van der Waals surface area contributed by atoms with Gasteiger partial charge in [-0.3, -0.25) is 13.9 Å². The molecular formula is C33H34ClN3O7S. The van der Waals surface area contributed by atoms with E-state index in [-0.39, 0.29) is 28.4 Å². The van der Waals surface area contributed by atoms with Gasteiger partial charge in [-0.1, -0.05) is 41.9 Å². The van der Waals surface area contributed by atoms with Crippen molar-refractivity contribution in [1.82, 2.24) is 5.32 Å². The monoisotopic (exact) mass is 651 g/mol. The molecule has 0 aliphatic heterocycles. The normalized spacial score (nSPS) is 10.9. The van der Waals surface area contributed by atoms with Gasteiger partial charge in [-0.25, -0.2) is 8.42 Å². The Morgan fingerprint density at radius 1 is 0.844 bits per heavy atom. The summed E-state index contributed by atoms with van der Waals surface area (Å²) < 4.78 is 45.0. The van der Waals surface area contributed by atoms with Gasteiger partial charge in [0.1, 0.15) is 12.3 Å². The fraction of sp³-hybridized carbons (Fsp3) is 0.212. The zero-order valence-electron chi connectivity index (χ0n) is 25.1. The van der Waals surface area contributed by atoms with Crippen molar-refractivity contribution in [2.24, 2.45) is 0 Å². The zero-order chi connectivity index (χ0) is 32.4. The lowest BCUT2D eigenvalue weighted by Gasteiger charge is -2.26. The SMILES string of the molecule is CCOc1ccccc1N(CC(=O)Nc1ccccc1C(=O)NCCc1ccc(OC)c(OC)c1)S(=O)(=O)c1ccc(Cl)cc1. The molecule has 0 aliphatic carbocycles. The van der Waals surface area contributed by atoms with Crippen LogP contribution >= 0.6 is 11.6 Å². The van der Waals surface area contributed by atoms with E-state index in [4.69, 9.17) is 25.8 Å². The number of carbonyl (C=O) groups excluding carboxylic acids is 2. The molecule has 0 atom stereocenters. The van der Waals surface area contributed by atoms with Gasteiger partial charge in [0.25, 0.3) is 15.9 Å². The zero-order valence-corrected chi connectivity index (χ0v) is 26.7. The van der Waals surface area contributed by atoms with Gasteiger partial charge >= 0.3 is 0 Å². The Morgan fingerprint density at radius 3 is 2.24 bits per heavy atom. The Kier molecular flexibility index (Phi) is 11.3. The van der Waals surface area contributed by atoms with Gasteiger partial charge in [0.15, 0.2) is 11.5 Å². The number of hydrogen-bond donors (Lipinski definition) is 2. The van der Waals surface area contributed by atoms with E-state index in [9.17, 15) is 18.0 Å².